The number of para-hydroxylation sites is 1. The highest BCUT2D eigenvalue weighted by atomic mass is 16.5. The van der Waals surface area contributed by atoms with Crippen molar-refractivity contribution in [2.75, 3.05) is 26.7 Å². The fourth-order valence-corrected chi connectivity index (χ4v) is 9.37. The molecule has 3 aromatic carbocycles. The van der Waals surface area contributed by atoms with E-state index in [9.17, 15) is 19.2 Å². The Labute approximate surface area is 388 Å². The van der Waals surface area contributed by atoms with Crippen molar-refractivity contribution in [3.63, 3.8) is 0 Å². The van der Waals surface area contributed by atoms with Gasteiger partial charge in [0.15, 0.2) is 0 Å². The van der Waals surface area contributed by atoms with Gasteiger partial charge in [0, 0.05) is 67.3 Å². The fourth-order valence-electron chi connectivity index (χ4n) is 9.37. The van der Waals surface area contributed by atoms with Gasteiger partial charge < -0.3 is 19.5 Å². The highest BCUT2D eigenvalue weighted by Crippen LogP contribution is 2.41. The van der Waals surface area contributed by atoms with Crippen molar-refractivity contribution < 1.29 is 23.9 Å². The second kappa shape index (κ2) is 20.8. The molecule has 0 radical (unpaired) electrons. The van der Waals surface area contributed by atoms with Gasteiger partial charge in [-0.2, -0.15) is 4.99 Å². The van der Waals surface area contributed by atoms with Crippen molar-refractivity contribution in [3.05, 3.63) is 107 Å². The number of carbonyl (C=O) groups excluding carboxylic acids is 4. The summed E-state index contributed by atoms with van der Waals surface area (Å²) in [5.74, 6) is -1.82. The lowest BCUT2D eigenvalue weighted by molar-refractivity contribution is -0.155. The van der Waals surface area contributed by atoms with E-state index in [4.69, 9.17) is 4.74 Å². The van der Waals surface area contributed by atoms with Crippen LogP contribution < -0.4 is 10.7 Å². The molecule has 2 N–H and O–H groups in total. The summed E-state index contributed by atoms with van der Waals surface area (Å²) in [4.78, 5) is 71.0. The molecule has 1 fully saturated rings. The molecule has 346 valence electrons. The summed E-state index contributed by atoms with van der Waals surface area (Å²) in [6, 6.07) is 24.4. The predicted octanol–water partition coefficient (Wildman–Crippen LogP) is 8.29. The first-order valence-electron chi connectivity index (χ1n) is 23.3. The molecule has 2 aliphatic heterocycles. The minimum absolute atomic E-state index is 0.0474. The third-order valence-electron chi connectivity index (χ3n) is 12.8. The number of amides is 3. The number of likely N-dealkylation sites (N-methyl/N-ethyl adjacent to an activating group) is 1. The monoisotopic (exact) mass is 892 g/mol. The van der Waals surface area contributed by atoms with Gasteiger partial charge in [0.1, 0.15) is 18.1 Å². The summed E-state index contributed by atoms with van der Waals surface area (Å²) in [5, 5.41) is 5.63. The maximum Gasteiger partial charge on any atom is 0.324 e. The number of benzene rings is 3. The third-order valence-corrected chi connectivity index (χ3v) is 12.8. The number of fused-ring (bicyclic) bond motifs is 6. The molecule has 7 rings (SSSR count). The molecule has 3 amide bonds. The standard InChI is InChI=1S/C53H64N8O5/c1-9-37-22-24-54-31-42(37)49-41-30-53(6,7)32-66-52(65)44-19-14-26-61(58-44)51(64)45(28-36-16-13-17-38(27-36)39-20-21-46(40(41)29-39)60(49)10-2)57-50(63)48(34(3)4)59(8)47(62)23-25-55-33-56-43-18-12-11-15-35(43)5/h11-13,15-18,20-22,24,27,29,31,34,44-45,48,58H,9-10,14,19,23,25-26,28,30,32H2,1-8H3,(H,57,63)/t44-,45-,48-/m0/s1. The number of nitrogens with zero attached hydrogens (tertiary/aromatic N) is 6. The largest absolute Gasteiger partial charge is 0.464 e. The maximum atomic E-state index is 14.7. The SMILES string of the molecule is CCc1ccncc1-c1c2c3cc(ccc3n1CC)-c1cccc(c1)C[C@H](NC(=O)[C@H](C(C)C)N(C)C(=O)CCN=C=Nc1ccccc1C)C(=O)N1CCC[C@H](N1)C(=O)OCC(C)(C)C2. The van der Waals surface area contributed by atoms with Gasteiger partial charge in [0.25, 0.3) is 5.91 Å². The van der Waals surface area contributed by atoms with E-state index in [2.05, 4.69) is 100 Å². The van der Waals surface area contributed by atoms with Crippen LogP contribution >= 0.6 is 0 Å². The smallest absolute Gasteiger partial charge is 0.324 e. The molecule has 2 aliphatic rings. The number of aliphatic imine (C=N–C) groups is 2. The molecule has 0 saturated carbocycles. The van der Waals surface area contributed by atoms with E-state index < -0.39 is 35.4 Å². The van der Waals surface area contributed by atoms with Crippen LogP contribution in [-0.4, -0.2) is 94.0 Å². The van der Waals surface area contributed by atoms with E-state index in [-0.39, 0.29) is 43.7 Å². The van der Waals surface area contributed by atoms with Crippen molar-refractivity contribution in [1.29, 1.82) is 0 Å². The number of aromatic nitrogens is 2. The lowest BCUT2D eigenvalue weighted by atomic mass is 9.84. The van der Waals surface area contributed by atoms with Gasteiger partial charge in [-0.1, -0.05) is 83.1 Å². The lowest BCUT2D eigenvalue weighted by Crippen LogP contribution is -2.62. The van der Waals surface area contributed by atoms with Crippen LogP contribution in [0.5, 0.6) is 0 Å². The Morgan fingerprint density at radius 1 is 1.05 bits per heavy atom. The molecule has 5 aromatic rings. The Hall–Kier alpha value is -6.43. The normalized spacial score (nSPS) is 17.9. The summed E-state index contributed by atoms with van der Waals surface area (Å²) >= 11 is 0. The van der Waals surface area contributed by atoms with Crippen molar-refractivity contribution >= 4 is 46.3 Å². The van der Waals surface area contributed by atoms with Crippen LogP contribution in [0.1, 0.15) is 83.1 Å². The van der Waals surface area contributed by atoms with Gasteiger partial charge in [-0.05, 0) is 103 Å². The highest BCUT2D eigenvalue weighted by Gasteiger charge is 2.37. The molecule has 6 bridgehead atoms. The molecule has 0 spiro atoms. The number of carbonyl (C=O) groups is 4. The summed E-state index contributed by atoms with van der Waals surface area (Å²) in [6.07, 6.45) is 6.58. The van der Waals surface area contributed by atoms with Crippen LogP contribution in [0, 0.1) is 18.3 Å². The van der Waals surface area contributed by atoms with E-state index in [1.54, 1.807) is 7.05 Å². The Balaban J connectivity index is 1.23. The Bertz CT molecular complexity index is 2660. The van der Waals surface area contributed by atoms with Gasteiger partial charge in [0.2, 0.25) is 11.8 Å². The number of aryl methyl sites for hydroxylation is 3. The van der Waals surface area contributed by atoms with Crippen molar-refractivity contribution in [3.8, 4) is 22.4 Å². The number of nitrogens with one attached hydrogen (secondary N) is 2. The van der Waals surface area contributed by atoms with E-state index in [0.29, 0.717) is 25.8 Å². The summed E-state index contributed by atoms with van der Waals surface area (Å²) < 4.78 is 8.49. The number of rotatable bonds is 11. The topological polar surface area (TPSA) is 151 Å². The van der Waals surface area contributed by atoms with E-state index in [1.165, 1.54) is 21.0 Å². The quantitative estimate of drug-likeness (QED) is 0.100. The molecule has 2 aromatic heterocycles. The summed E-state index contributed by atoms with van der Waals surface area (Å²) in [7, 11) is 1.61. The second-order valence-corrected chi connectivity index (χ2v) is 18.7. The molecule has 1 saturated heterocycles. The number of ether oxygens (including phenoxy) is 1. The highest BCUT2D eigenvalue weighted by molar-refractivity contribution is 5.96. The van der Waals surface area contributed by atoms with Gasteiger partial charge in [-0.15, -0.1) is 0 Å². The maximum absolute atomic E-state index is 14.7. The Kier molecular flexibility index (Phi) is 15.0. The average Bonchev–Trinajstić information content (AvgIpc) is 3.61. The second-order valence-electron chi connectivity index (χ2n) is 18.7. The number of esters is 1. The van der Waals surface area contributed by atoms with Crippen LogP contribution in [0.2, 0.25) is 0 Å². The molecule has 13 nitrogen and oxygen atoms in total. The van der Waals surface area contributed by atoms with Crippen LogP contribution in [0.15, 0.2) is 95.2 Å². The van der Waals surface area contributed by atoms with Crippen LogP contribution in [0.25, 0.3) is 33.3 Å². The fraction of sp³-hybridized carbons (Fsp3) is 0.434. The molecule has 66 heavy (non-hydrogen) atoms. The van der Waals surface area contributed by atoms with Crippen molar-refractivity contribution in [2.24, 2.45) is 21.3 Å². The van der Waals surface area contributed by atoms with Gasteiger partial charge in [0.05, 0.1) is 30.5 Å². The summed E-state index contributed by atoms with van der Waals surface area (Å²) in [6.45, 7) is 15.7. The first kappa shape index (κ1) is 47.5. The van der Waals surface area contributed by atoms with E-state index in [0.717, 1.165) is 63.1 Å². The third kappa shape index (κ3) is 10.6. The van der Waals surface area contributed by atoms with Crippen LogP contribution in [-0.2, 0) is 49.7 Å². The number of pyridine rings is 1. The van der Waals surface area contributed by atoms with E-state index in [1.807, 2.05) is 69.6 Å². The summed E-state index contributed by atoms with van der Waals surface area (Å²) in [5.41, 5.74) is 13.0. The molecule has 3 atom stereocenters. The first-order valence-corrected chi connectivity index (χ1v) is 23.3. The molecule has 13 heteroatoms. The van der Waals surface area contributed by atoms with Crippen LogP contribution in [0.3, 0.4) is 0 Å². The van der Waals surface area contributed by atoms with Gasteiger partial charge >= 0.3 is 5.97 Å². The van der Waals surface area contributed by atoms with Crippen molar-refractivity contribution in [2.45, 2.75) is 112 Å². The zero-order valence-electron chi connectivity index (χ0n) is 39.7. The molecule has 0 aliphatic carbocycles. The minimum atomic E-state index is -1.03. The number of hydrogen-bond donors (Lipinski definition) is 2. The molecular formula is C53H64N8O5. The first-order chi connectivity index (χ1) is 31.7. The number of hydrogen-bond acceptors (Lipinski definition) is 9. The number of cyclic esters (lactones) is 1. The van der Waals surface area contributed by atoms with Crippen LogP contribution in [0.4, 0.5) is 5.69 Å². The van der Waals surface area contributed by atoms with Gasteiger partial charge in [-0.25, -0.2) is 10.4 Å². The zero-order chi connectivity index (χ0) is 47.1. The van der Waals surface area contributed by atoms with E-state index >= 15 is 0 Å². The predicted molar refractivity (Wildman–Crippen MR) is 259 cm³/mol. The minimum Gasteiger partial charge on any atom is -0.464 e. The average molecular weight is 893 g/mol. The number of hydrazine groups is 1. The molecular weight excluding hydrogens is 829 g/mol. The van der Waals surface area contributed by atoms with Crippen molar-refractivity contribution in [1.82, 2.24) is 30.2 Å². The molecule has 0 unspecified atom stereocenters. The molecule has 4 heterocycles. The van der Waals surface area contributed by atoms with Gasteiger partial charge in [-0.3, -0.25) is 29.2 Å². The lowest BCUT2D eigenvalue weighted by Gasteiger charge is -2.36. The zero-order valence-corrected chi connectivity index (χ0v) is 39.7. The Morgan fingerprint density at radius 3 is 2.59 bits per heavy atom. The Morgan fingerprint density at radius 2 is 1.83 bits per heavy atom.